The summed E-state index contributed by atoms with van der Waals surface area (Å²) in [6.45, 7) is 2.41. The minimum absolute atomic E-state index is 0.180. The first-order chi connectivity index (χ1) is 11.3. The van der Waals surface area contributed by atoms with Gasteiger partial charge in [-0.05, 0) is 30.5 Å². The van der Waals surface area contributed by atoms with E-state index in [1.54, 1.807) is 19.5 Å². The monoisotopic (exact) mass is 312 g/mol. The van der Waals surface area contributed by atoms with Crippen molar-refractivity contribution in [3.05, 3.63) is 47.8 Å². The second-order valence-electron chi connectivity index (χ2n) is 5.50. The molecule has 1 amide bonds. The third-order valence-electron chi connectivity index (χ3n) is 3.88. The molecule has 6 nitrogen and oxygen atoms in total. The number of hydrogen-bond donors (Lipinski definition) is 1. The van der Waals surface area contributed by atoms with Crippen LogP contribution in [0.15, 0.2) is 36.7 Å². The fourth-order valence-electron chi connectivity index (χ4n) is 2.59. The van der Waals surface area contributed by atoms with Crippen LogP contribution < -0.4 is 15.0 Å². The fourth-order valence-corrected chi connectivity index (χ4v) is 2.59. The molecular weight excluding hydrogens is 292 g/mol. The molecule has 1 fully saturated rings. The zero-order valence-electron chi connectivity index (χ0n) is 13.2. The van der Waals surface area contributed by atoms with E-state index in [2.05, 4.69) is 20.2 Å². The van der Waals surface area contributed by atoms with E-state index in [-0.39, 0.29) is 5.91 Å². The Morgan fingerprint density at radius 1 is 1.26 bits per heavy atom. The van der Waals surface area contributed by atoms with Crippen LogP contribution in [0.3, 0.4) is 0 Å². The molecule has 0 saturated carbocycles. The molecule has 0 aliphatic carbocycles. The van der Waals surface area contributed by atoms with Crippen molar-refractivity contribution in [3.8, 4) is 5.75 Å². The number of aromatic nitrogens is 2. The second-order valence-corrected chi connectivity index (χ2v) is 5.50. The van der Waals surface area contributed by atoms with E-state index in [1.807, 2.05) is 24.3 Å². The van der Waals surface area contributed by atoms with Gasteiger partial charge in [-0.3, -0.25) is 4.79 Å². The van der Waals surface area contributed by atoms with Gasteiger partial charge in [0.1, 0.15) is 5.75 Å². The third-order valence-corrected chi connectivity index (χ3v) is 3.88. The standard InChI is InChI=1S/C17H20N4O2/c1-23-15-6-4-5-13(9-15)10-18-16(22)14-11-19-17(20-12-14)21-7-2-3-8-21/h4-6,9,11-12H,2-3,7-8,10H2,1H3,(H,18,22). The Morgan fingerprint density at radius 2 is 2.00 bits per heavy atom. The van der Waals surface area contributed by atoms with Crippen molar-refractivity contribution < 1.29 is 9.53 Å². The molecule has 0 spiro atoms. The van der Waals surface area contributed by atoms with Crippen LogP contribution in [0.4, 0.5) is 5.95 Å². The molecule has 2 aromatic rings. The number of hydrogen-bond acceptors (Lipinski definition) is 5. The summed E-state index contributed by atoms with van der Waals surface area (Å²) in [7, 11) is 1.62. The molecule has 1 saturated heterocycles. The molecule has 2 heterocycles. The molecule has 6 heteroatoms. The molecular formula is C17H20N4O2. The average molecular weight is 312 g/mol. The van der Waals surface area contributed by atoms with Crippen molar-refractivity contribution in [1.82, 2.24) is 15.3 Å². The summed E-state index contributed by atoms with van der Waals surface area (Å²) in [6, 6.07) is 7.60. The number of benzene rings is 1. The Balaban J connectivity index is 1.59. The number of methoxy groups -OCH3 is 1. The number of nitrogens with zero attached hydrogens (tertiary/aromatic N) is 3. The molecule has 1 aliphatic rings. The lowest BCUT2D eigenvalue weighted by atomic mass is 10.2. The Morgan fingerprint density at radius 3 is 2.70 bits per heavy atom. The van der Waals surface area contributed by atoms with Gasteiger partial charge in [0.25, 0.3) is 5.91 Å². The summed E-state index contributed by atoms with van der Waals surface area (Å²) < 4.78 is 5.17. The molecule has 0 unspecified atom stereocenters. The highest BCUT2D eigenvalue weighted by atomic mass is 16.5. The highest BCUT2D eigenvalue weighted by molar-refractivity contribution is 5.93. The number of amides is 1. The van der Waals surface area contributed by atoms with Crippen LogP contribution in [0.1, 0.15) is 28.8 Å². The number of carbonyl (C=O) groups is 1. The smallest absolute Gasteiger partial charge is 0.254 e. The molecule has 3 rings (SSSR count). The van der Waals surface area contributed by atoms with Crippen LogP contribution in [0, 0.1) is 0 Å². The minimum atomic E-state index is -0.180. The first-order valence-corrected chi connectivity index (χ1v) is 7.74. The van der Waals surface area contributed by atoms with Crippen molar-refractivity contribution >= 4 is 11.9 Å². The lowest BCUT2D eigenvalue weighted by molar-refractivity contribution is 0.0950. The topological polar surface area (TPSA) is 67.3 Å². The SMILES string of the molecule is COc1cccc(CNC(=O)c2cnc(N3CCCC3)nc2)c1. The van der Waals surface area contributed by atoms with Gasteiger partial charge < -0.3 is 15.0 Å². The van der Waals surface area contributed by atoms with Crippen molar-refractivity contribution in [2.24, 2.45) is 0 Å². The van der Waals surface area contributed by atoms with E-state index >= 15 is 0 Å². The third kappa shape index (κ3) is 3.77. The van der Waals surface area contributed by atoms with Crippen LogP contribution in [0.2, 0.25) is 0 Å². The van der Waals surface area contributed by atoms with Crippen molar-refractivity contribution in [1.29, 1.82) is 0 Å². The number of anilines is 1. The summed E-state index contributed by atoms with van der Waals surface area (Å²) >= 11 is 0. The van der Waals surface area contributed by atoms with E-state index < -0.39 is 0 Å². The molecule has 23 heavy (non-hydrogen) atoms. The van der Waals surface area contributed by atoms with E-state index in [0.717, 1.165) is 24.4 Å². The zero-order valence-corrected chi connectivity index (χ0v) is 13.2. The van der Waals surface area contributed by atoms with Crippen molar-refractivity contribution in [3.63, 3.8) is 0 Å². The van der Waals surface area contributed by atoms with Gasteiger partial charge in [0.15, 0.2) is 0 Å². The predicted octanol–water partition coefficient (Wildman–Crippen LogP) is 2.02. The Kier molecular flexibility index (Phi) is 4.71. The number of rotatable bonds is 5. The maximum absolute atomic E-state index is 12.2. The van der Waals surface area contributed by atoms with E-state index in [0.29, 0.717) is 18.1 Å². The first kappa shape index (κ1) is 15.3. The molecule has 1 aromatic heterocycles. The van der Waals surface area contributed by atoms with E-state index in [1.165, 1.54) is 12.8 Å². The Labute approximate surface area is 135 Å². The summed E-state index contributed by atoms with van der Waals surface area (Å²) in [5, 5.41) is 2.87. The zero-order chi connectivity index (χ0) is 16.1. The van der Waals surface area contributed by atoms with Gasteiger partial charge in [-0.1, -0.05) is 12.1 Å². The fraction of sp³-hybridized carbons (Fsp3) is 0.353. The van der Waals surface area contributed by atoms with E-state index in [4.69, 9.17) is 4.74 Å². The van der Waals surface area contributed by atoms with Crippen LogP contribution in [0.5, 0.6) is 5.75 Å². The summed E-state index contributed by atoms with van der Waals surface area (Å²) in [6.07, 6.45) is 5.52. The first-order valence-electron chi connectivity index (χ1n) is 7.74. The molecule has 120 valence electrons. The molecule has 1 aromatic carbocycles. The van der Waals surface area contributed by atoms with Crippen molar-refractivity contribution in [2.75, 3.05) is 25.1 Å². The number of ether oxygens (including phenoxy) is 1. The Hall–Kier alpha value is -2.63. The summed E-state index contributed by atoms with van der Waals surface area (Å²) in [5.41, 5.74) is 1.45. The predicted molar refractivity (Wildman–Crippen MR) is 87.6 cm³/mol. The number of nitrogens with one attached hydrogen (secondary N) is 1. The van der Waals surface area contributed by atoms with Crippen LogP contribution >= 0.6 is 0 Å². The van der Waals surface area contributed by atoms with Gasteiger partial charge in [0.2, 0.25) is 5.95 Å². The maximum atomic E-state index is 12.2. The second kappa shape index (κ2) is 7.09. The molecule has 0 atom stereocenters. The number of carbonyl (C=O) groups excluding carboxylic acids is 1. The highest BCUT2D eigenvalue weighted by Crippen LogP contribution is 2.15. The van der Waals surface area contributed by atoms with Gasteiger partial charge in [-0.15, -0.1) is 0 Å². The van der Waals surface area contributed by atoms with Gasteiger partial charge in [-0.2, -0.15) is 0 Å². The van der Waals surface area contributed by atoms with Crippen LogP contribution in [0.25, 0.3) is 0 Å². The molecule has 0 radical (unpaired) electrons. The quantitative estimate of drug-likeness (QED) is 0.915. The van der Waals surface area contributed by atoms with Gasteiger partial charge in [0, 0.05) is 32.0 Å². The minimum Gasteiger partial charge on any atom is -0.497 e. The van der Waals surface area contributed by atoms with Crippen LogP contribution in [-0.4, -0.2) is 36.1 Å². The Bertz CT molecular complexity index is 667. The largest absolute Gasteiger partial charge is 0.497 e. The summed E-state index contributed by atoms with van der Waals surface area (Å²) in [5.74, 6) is 1.29. The normalized spacial score (nSPS) is 13.9. The average Bonchev–Trinajstić information content (AvgIpc) is 3.14. The molecule has 0 bridgehead atoms. The van der Waals surface area contributed by atoms with E-state index in [9.17, 15) is 4.79 Å². The highest BCUT2D eigenvalue weighted by Gasteiger charge is 2.15. The summed E-state index contributed by atoms with van der Waals surface area (Å²) in [4.78, 5) is 22.9. The van der Waals surface area contributed by atoms with Gasteiger partial charge in [0.05, 0.1) is 12.7 Å². The van der Waals surface area contributed by atoms with Gasteiger partial charge in [-0.25, -0.2) is 9.97 Å². The van der Waals surface area contributed by atoms with Crippen LogP contribution in [-0.2, 0) is 6.54 Å². The molecule has 1 aliphatic heterocycles. The lowest BCUT2D eigenvalue weighted by Crippen LogP contribution is -2.24. The lowest BCUT2D eigenvalue weighted by Gasteiger charge is -2.14. The molecule has 1 N–H and O–H groups in total. The maximum Gasteiger partial charge on any atom is 0.254 e. The van der Waals surface area contributed by atoms with Crippen molar-refractivity contribution in [2.45, 2.75) is 19.4 Å². The van der Waals surface area contributed by atoms with Gasteiger partial charge >= 0.3 is 0 Å².